The molecule has 112 valence electrons. The fraction of sp³-hybridized carbons (Fsp3) is 0.400. The predicted octanol–water partition coefficient (Wildman–Crippen LogP) is 2.39. The van der Waals surface area contributed by atoms with E-state index in [2.05, 4.69) is 5.32 Å². The lowest BCUT2D eigenvalue weighted by atomic mass is 10.1. The van der Waals surface area contributed by atoms with Gasteiger partial charge in [-0.15, -0.1) is 0 Å². The topological polar surface area (TPSA) is 45.5 Å². The van der Waals surface area contributed by atoms with Crippen molar-refractivity contribution in [1.82, 2.24) is 10.2 Å². The van der Waals surface area contributed by atoms with Crippen LogP contribution in [0.3, 0.4) is 0 Å². The van der Waals surface area contributed by atoms with Crippen LogP contribution in [-0.4, -0.2) is 36.4 Å². The maximum absolute atomic E-state index is 13.1. The summed E-state index contributed by atoms with van der Waals surface area (Å²) in [7, 11) is 1.59. The van der Waals surface area contributed by atoms with Gasteiger partial charge in [0.1, 0.15) is 11.3 Å². The van der Waals surface area contributed by atoms with Gasteiger partial charge in [0.25, 0.3) is 5.92 Å². The average Bonchev–Trinajstić information content (AvgIpc) is 3.00. The molecule has 3 rings (SSSR count). The van der Waals surface area contributed by atoms with E-state index in [0.29, 0.717) is 5.76 Å². The van der Waals surface area contributed by atoms with E-state index in [0.717, 1.165) is 11.0 Å². The second-order valence-corrected chi connectivity index (χ2v) is 5.44. The summed E-state index contributed by atoms with van der Waals surface area (Å²) < 4.78 is 31.9. The largest absolute Gasteiger partial charge is 0.459 e. The van der Waals surface area contributed by atoms with Crippen LogP contribution in [0, 0.1) is 0 Å². The van der Waals surface area contributed by atoms with Gasteiger partial charge >= 0.3 is 0 Å². The Morgan fingerprint density at radius 3 is 2.90 bits per heavy atom. The average molecular weight is 294 g/mol. The zero-order chi connectivity index (χ0) is 15.0. The Morgan fingerprint density at radius 1 is 1.48 bits per heavy atom. The molecule has 1 atom stereocenters. The van der Waals surface area contributed by atoms with Gasteiger partial charge in [-0.2, -0.15) is 0 Å². The van der Waals surface area contributed by atoms with E-state index < -0.39 is 24.9 Å². The highest BCUT2D eigenvalue weighted by atomic mass is 19.3. The Hall–Kier alpha value is -1.95. The molecule has 1 saturated heterocycles. The fourth-order valence-corrected chi connectivity index (χ4v) is 2.58. The van der Waals surface area contributed by atoms with Gasteiger partial charge in [0.05, 0.1) is 19.1 Å². The van der Waals surface area contributed by atoms with Crippen LogP contribution in [0.25, 0.3) is 11.0 Å². The number of nitrogens with one attached hydrogen (secondary N) is 1. The molecule has 1 aliphatic rings. The molecule has 1 fully saturated rings. The summed E-state index contributed by atoms with van der Waals surface area (Å²) in [5.74, 6) is -2.51. The highest BCUT2D eigenvalue weighted by Gasteiger charge is 2.43. The van der Waals surface area contributed by atoms with Gasteiger partial charge in [0, 0.05) is 18.9 Å². The molecule has 2 heterocycles. The molecule has 21 heavy (non-hydrogen) atoms. The first-order valence-electron chi connectivity index (χ1n) is 6.78. The third-order valence-electron chi connectivity index (χ3n) is 3.65. The molecule has 0 spiro atoms. The molecular weight excluding hydrogens is 278 g/mol. The van der Waals surface area contributed by atoms with Crippen molar-refractivity contribution in [3.05, 3.63) is 36.1 Å². The van der Waals surface area contributed by atoms with Crippen molar-refractivity contribution in [3.63, 3.8) is 0 Å². The number of halogens is 2. The van der Waals surface area contributed by atoms with Gasteiger partial charge in [0.2, 0.25) is 5.91 Å². The minimum atomic E-state index is -2.81. The molecule has 6 heteroatoms. The molecule has 0 aliphatic carbocycles. The molecular formula is C15H16F2N2O2. The lowest BCUT2D eigenvalue weighted by molar-refractivity contribution is -0.133. The van der Waals surface area contributed by atoms with Gasteiger partial charge in [-0.05, 0) is 12.1 Å². The van der Waals surface area contributed by atoms with Crippen LogP contribution in [0.1, 0.15) is 12.2 Å². The summed E-state index contributed by atoms with van der Waals surface area (Å²) in [6.45, 7) is -0.181. The van der Waals surface area contributed by atoms with Crippen LogP contribution in [0.4, 0.5) is 8.78 Å². The van der Waals surface area contributed by atoms with Crippen LogP contribution in [0.2, 0.25) is 0 Å². The van der Waals surface area contributed by atoms with Crippen LogP contribution in [0.5, 0.6) is 0 Å². The number of amides is 1. The number of likely N-dealkylation sites (N-methyl/N-ethyl adjacent to an activating group) is 1. The predicted molar refractivity (Wildman–Crippen MR) is 74.0 cm³/mol. The van der Waals surface area contributed by atoms with Crippen molar-refractivity contribution in [2.45, 2.75) is 24.9 Å². The molecule has 1 aromatic carbocycles. The molecule has 1 N–H and O–H groups in total. The molecule has 1 aromatic heterocycles. The summed E-state index contributed by atoms with van der Waals surface area (Å²) in [5, 5.41) is 3.53. The van der Waals surface area contributed by atoms with Crippen LogP contribution < -0.4 is 5.32 Å². The zero-order valence-corrected chi connectivity index (χ0v) is 11.6. The van der Waals surface area contributed by atoms with Crippen molar-refractivity contribution in [2.24, 2.45) is 0 Å². The van der Waals surface area contributed by atoms with Gasteiger partial charge in [-0.25, -0.2) is 8.78 Å². The maximum Gasteiger partial charge on any atom is 0.262 e. The number of carbonyl (C=O) groups excluding carboxylic acids is 1. The quantitative estimate of drug-likeness (QED) is 0.945. The first-order chi connectivity index (χ1) is 9.94. The number of nitrogens with zero attached hydrogens (tertiary/aromatic N) is 1. The molecule has 0 bridgehead atoms. The number of carbonyl (C=O) groups is 1. The number of hydrogen-bond donors (Lipinski definition) is 1. The summed E-state index contributed by atoms with van der Waals surface area (Å²) in [5.41, 5.74) is 0.749. The van der Waals surface area contributed by atoms with E-state index in [9.17, 15) is 13.6 Å². The second kappa shape index (κ2) is 5.11. The Bertz CT molecular complexity index is 635. The molecule has 2 aromatic rings. The first-order valence-corrected chi connectivity index (χ1v) is 6.78. The minimum Gasteiger partial charge on any atom is -0.459 e. The van der Waals surface area contributed by atoms with Gasteiger partial charge in [-0.1, -0.05) is 18.2 Å². The third kappa shape index (κ3) is 2.90. The van der Waals surface area contributed by atoms with Crippen molar-refractivity contribution in [1.29, 1.82) is 0 Å². The molecule has 1 amide bonds. The van der Waals surface area contributed by atoms with Crippen LogP contribution in [-0.2, 0) is 11.3 Å². The summed E-state index contributed by atoms with van der Waals surface area (Å²) >= 11 is 0. The van der Waals surface area contributed by atoms with Crippen LogP contribution >= 0.6 is 0 Å². The lowest BCUT2D eigenvalue weighted by Gasteiger charge is -2.19. The number of hydrogen-bond acceptors (Lipinski definition) is 3. The minimum absolute atomic E-state index is 0.261. The highest BCUT2D eigenvalue weighted by Crippen LogP contribution is 2.26. The first kappa shape index (κ1) is 14.0. The number of fused-ring (bicyclic) bond motifs is 1. The van der Waals surface area contributed by atoms with E-state index in [-0.39, 0.29) is 12.5 Å². The standard InChI is InChI=1S/C15H16F2N2O2/c1-19(14(20)12-7-15(16,17)9-18-12)8-11-6-10-4-2-3-5-13(10)21-11/h2-6,12,18H,7-9H2,1H3. The van der Waals surface area contributed by atoms with E-state index >= 15 is 0 Å². The lowest BCUT2D eigenvalue weighted by Crippen LogP contribution is -2.41. The summed E-state index contributed by atoms with van der Waals surface area (Å²) in [6, 6.07) is 8.57. The number of rotatable bonds is 3. The van der Waals surface area contributed by atoms with E-state index in [1.807, 2.05) is 30.3 Å². The number of benzene rings is 1. The molecule has 1 unspecified atom stereocenters. The maximum atomic E-state index is 13.1. The molecule has 0 saturated carbocycles. The molecule has 4 nitrogen and oxygen atoms in total. The number of furan rings is 1. The van der Waals surface area contributed by atoms with Crippen molar-refractivity contribution >= 4 is 16.9 Å². The van der Waals surface area contributed by atoms with Gasteiger partial charge in [0.15, 0.2) is 0 Å². The van der Waals surface area contributed by atoms with E-state index in [1.165, 1.54) is 4.90 Å². The van der Waals surface area contributed by atoms with Crippen molar-refractivity contribution in [2.75, 3.05) is 13.6 Å². The van der Waals surface area contributed by atoms with Crippen molar-refractivity contribution < 1.29 is 18.0 Å². The number of alkyl halides is 2. The van der Waals surface area contributed by atoms with Gasteiger partial charge < -0.3 is 9.32 Å². The normalized spacial score (nSPS) is 20.8. The third-order valence-corrected chi connectivity index (χ3v) is 3.65. The molecule has 1 aliphatic heterocycles. The summed E-state index contributed by atoms with van der Waals surface area (Å²) in [6.07, 6.45) is -0.448. The molecule has 0 radical (unpaired) electrons. The monoisotopic (exact) mass is 294 g/mol. The fourth-order valence-electron chi connectivity index (χ4n) is 2.58. The number of para-hydroxylation sites is 1. The Kier molecular flexibility index (Phi) is 3.41. The summed E-state index contributed by atoms with van der Waals surface area (Å²) in [4.78, 5) is 13.6. The van der Waals surface area contributed by atoms with E-state index in [1.54, 1.807) is 7.05 Å². The van der Waals surface area contributed by atoms with E-state index in [4.69, 9.17) is 4.42 Å². The smallest absolute Gasteiger partial charge is 0.262 e. The van der Waals surface area contributed by atoms with Gasteiger partial charge in [-0.3, -0.25) is 10.1 Å². The Labute approximate surface area is 120 Å². The van der Waals surface area contributed by atoms with Crippen molar-refractivity contribution in [3.8, 4) is 0 Å². The zero-order valence-electron chi connectivity index (χ0n) is 11.6. The highest BCUT2D eigenvalue weighted by molar-refractivity contribution is 5.82. The van der Waals surface area contributed by atoms with Crippen LogP contribution in [0.15, 0.2) is 34.7 Å². The Balaban J connectivity index is 1.68. The second-order valence-electron chi connectivity index (χ2n) is 5.44. The SMILES string of the molecule is CN(Cc1cc2ccccc2o1)C(=O)C1CC(F)(F)CN1. The Morgan fingerprint density at radius 2 is 2.24 bits per heavy atom.